The van der Waals surface area contributed by atoms with Crippen LogP contribution in [0.25, 0.3) is 10.9 Å². The predicted molar refractivity (Wildman–Crippen MR) is 142 cm³/mol. The fraction of sp³-hybridized carbons (Fsp3) is 0.276. The number of aryl methyl sites for hydroxylation is 2. The summed E-state index contributed by atoms with van der Waals surface area (Å²) in [7, 11) is 5.81. The van der Waals surface area contributed by atoms with E-state index in [1.807, 2.05) is 36.4 Å². The van der Waals surface area contributed by atoms with Gasteiger partial charge in [0.25, 0.3) is 5.91 Å². The second-order valence-electron chi connectivity index (χ2n) is 9.01. The van der Waals surface area contributed by atoms with Crippen molar-refractivity contribution in [3.8, 4) is 17.2 Å². The molecule has 0 saturated heterocycles. The van der Waals surface area contributed by atoms with E-state index in [1.165, 1.54) is 22.2 Å². The first-order valence-electron chi connectivity index (χ1n) is 11.8. The average molecular weight is 472 g/mol. The number of rotatable bonds is 9. The molecule has 0 aliphatic carbocycles. The molecule has 1 heterocycles. The molecule has 0 spiro atoms. The Hall–Kier alpha value is -3.77. The Labute approximate surface area is 207 Å². The summed E-state index contributed by atoms with van der Waals surface area (Å²) in [5.41, 5.74) is 5.04. The molecule has 0 radical (unpaired) electrons. The van der Waals surface area contributed by atoms with Crippen LogP contribution in [-0.4, -0.2) is 43.1 Å². The van der Waals surface area contributed by atoms with Gasteiger partial charge in [-0.2, -0.15) is 0 Å². The van der Waals surface area contributed by atoms with Gasteiger partial charge in [-0.15, -0.1) is 0 Å². The van der Waals surface area contributed by atoms with Crippen molar-refractivity contribution in [2.45, 2.75) is 26.8 Å². The standard InChI is InChI=1S/C29H33N3O3/c1-20-21(2)32(17-7-16-31(3)4)28-15-14-26(19-27(20)28)35-24-12-10-22(11-13-24)29(33)30-23-8-6-9-25(18-23)34-5/h6,8-15,18-19H,7,16-17H2,1-5H3,(H,30,33). The minimum Gasteiger partial charge on any atom is -0.497 e. The third kappa shape index (κ3) is 5.66. The number of anilines is 1. The molecule has 4 rings (SSSR count). The first-order valence-corrected chi connectivity index (χ1v) is 11.8. The first-order chi connectivity index (χ1) is 16.9. The summed E-state index contributed by atoms with van der Waals surface area (Å²) in [6.07, 6.45) is 1.10. The smallest absolute Gasteiger partial charge is 0.255 e. The number of benzene rings is 3. The summed E-state index contributed by atoms with van der Waals surface area (Å²) >= 11 is 0. The lowest BCUT2D eigenvalue weighted by Gasteiger charge is -2.12. The normalized spacial score (nSPS) is 11.1. The Morgan fingerprint density at radius 2 is 1.69 bits per heavy atom. The Morgan fingerprint density at radius 1 is 0.943 bits per heavy atom. The molecule has 0 bridgehead atoms. The number of nitrogens with zero attached hydrogens (tertiary/aromatic N) is 2. The number of carbonyl (C=O) groups is 1. The van der Waals surface area contributed by atoms with Crippen LogP contribution < -0.4 is 14.8 Å². The van der Waals surface area contributed by atoms with Crippen molar-refractivity contribution in [3.05, 3.63) is 83.6 Å². The van der Waals surface area contributed by atoms with Crippen LogP contribution in [0.2, 0.25) is 0 Å². The van der Waals surface area contributed by atoms with Crippen molar-refractivity contribution >= 4 is 22.5 Å². The van der Waals surface area contributed by atoms with E-state index in [4.69, 9.17) is 9.47 Å². The van der Waals surface area contributed by atoms with E-state index in [0.29, 0.717) is 22.7 Å². The van der Waals surface area contributed by atoms with E-state index < -0.39 is 0 Å². The molecule has 1 amide bonds. The molecule has 0 unspecified atom stereocenters. The fourth-order valence-corrected chi connectivity index (χ4v) is 4.24. The molecule has 1 aromatic heterocycles. The van der Waals surface area contributed by atoms with Gasteiger partial charge < -0.3 is 24.3 Å². The molecular formula is C29H33N3O3. The summed E-state index contributed by atoms with van der Waals surface area (Å²) in [6, 6.07) is 20.7. The number of nitrogens with one attached hydrogen (secondary N) is 1. The van der Waals surface area contributed by atoms with Crippen LogP contribution in [0.1, 0.15) is 28.0 Å². The van der Waals surface area contributed by atoms with Crippen LogP contribution in [0, 0.1) is 13.8 Å². The van der Waals surface area contributed by atoms with Gasteiger partial charge in [-0.3, -0.25) is 4.79 Å². The number of amides is 1. The van der Waals surface area contributed by atoms with E-state index in [9.17, 15) is 4.79 Å². The number of fused-ring (bicyclic) bond motifs is 1. The van der Waals surface area contributed by atoms with Crippen LogP contribution in [0.3, 0.4) is 0 Å². The van der Waals surface area contributed by atoms with Gasteiger partial charge >= 0.3 is 0 Å². The van der Waals surface area contributed by atoms with Crippen molar-refractivity contribution in [2.24, 2.45) is 0 Å². The number of hydrogen-bond donors (Lipinski definition) is 1. The van der Waals surface area contributed by atoms with E-state index in [0.717, 1.165) is 25.3 Å². The third-order valence-corrected chi connectivity index (χ3v) is 6.28. The molecule has 6 heteroatoms. The molecule has 3 aromatic carbocycles. The van der Waals surface area contributed by atoms with Gasteiger partial charge in [-0.1, -0.05) is 6.07 Å². The molecule has 4 aromatic rings. The van der Waals surface area contributed by atoms with Crippen molar-refractivity contribution in [1.82, 2.24) is 9.47 Å². The van der Waals surface area contributed by atoms with Gasteiger partial charge in [-0.05, 0) is 101 Å². The molecule has 0 fully saturated rings. The van der Waals surface area contributed by atoms with Gasteiger partial charge in [-0.25, -0.2) is 0 Å². The summed E-state index contributed by atoms with van der Waals surface area (Å²) in [5, 5.41) is 4.10. The summed E-state index contributed by atoms with van der Waals surface area (Å²) in [6.45, 7) is 6.40. The maximum Gasteiger partial charge on any atom is 0.255 e. The van der Waals surface area contributed by atoms with Crippen LogP contribution in [0.5, 0.6) is 17.2 Å². The van der Waals surface area contributed by atoms with Gasteiger partial charge in [0.15, 0.2) is 0 Å². The van der Waals surface area contributed by atoms with Crippen LogP contribution in [0.15, 0.2) is 66.7 Å². The van der Waals surface area contributed by atoms with E-state index in [2.05, 4.69) is 54.9 Å². The molecule has 6 nitrogen and oxygen atoms in total. The number of aromatic nitrogens is 1. The zero-order chi connectivity index (χ0) is 24.9. The Kier molecular flexibility index (Phi) is 7.42. The maximum atomic E-state index is 12.6. The van der Waals surface area contributed by atoms with E-state index in [-0.39, 0.29) is 5.91 Å². The fourth-order valence-electron chi connectivity index (χ4n) is 4.24. The summed E-state index contributed by atoms with van der Waals surface area (Å²) < 4.78 is 13.7. The van der Waals surface area contributed by atoms with Crippen LogP contribution in [-0.2, 0) is 6.54 Å². The van der Waals surface area contributed by atoms with Crippen LogP contribution >= 0.6 is 0 Å². The lowest BCUT2D eigenvalue weighted by molar-refractivity contribution is 0.102. The largest absolute Gasteiger partial charge is 0.497 e. The highest BCUT2D eigenvalue weighted by atomic mass is 16.5. The highest BCUT2D eigenvalue weighted by Gasteiger charge is 2.13. The second kappa shape index (κ2) is 10.7. The predicted octanol–water partition coefficient (Wildman–Crippen LogP) is 6.26. The maximum absolute atomic E-state index is 12.6. The Morgan fingerprint density at radius 3 is 2.40 bits per heavy atom. The van der Waals surface area contributed by atoms with Gasteiger partial charge in [0.2, 0.25) is 0 Å². The minimum atomic E-state index is -0.187. The van der Waals surface area contributed by atoms with Gasteiger partial charge in [0, 0.05) is 40.5 Å². The average Bonchev–Trinajstić information content (AvgIpc) is 3.09. The highest BCUT2D eigenvalue weighted by Crippen LogP contribution is 2.31. The molecule has 35 heavy (non-hydrogen) atoms. The minimum absolute atomic E-state index is 0.187. The van der Waals surface area contributed by atoms with Crippen molar-refractivity contribution in [3.63, 3.8) is 0 Å². The molecular weight excluding hydrogens is 438 g/mol. The zero-order valence-electron chi connectivity index (χ0n) is 21.1. The van der Waals surface area contributed by atoms with Crippen LogP contribution in [0.4, 0.5) is 5.69 Å². The lowest BCUT2D eigenvalue weighted by Crippen LogP contribution is -2.15. The molecule has 0 aliphatic rings. The third-order valence-electron chi connectivity index (χ3n) is 6.28. The monoisotopic (exact) mass is 471 g/mol. The van der Waals surface area contributed by atoms with Crippen molar-refractivity contribution < 1.29 is 14.3 Å². The molecule has 182 valence electrons. The summed E-state index contributed by atoms with van der Waals surface area (Å²) in [4.78, 5) is 14.8. The van der Waals surface area contributed by atoms with Gasteiger partial charge in [0.05, 0.1) is 7.11 Å². The zero-order valence-corrected chi connectivity index (χ0v) is 21.1. The Balaban J connectivity index is 1.46. The topological polar surface area (TPSA) is 55.7 Å². The number of hydrogen-bond acceptors (Lipinski definition) is 4. The van der Waals surface area contributed by atoms with Crippen molar-refractivity contribution in [1.29, 1.82) is 0 Å². The lowest BCUT2D eigenvalue weighted by atomic mass is 10.1. The van der Waals surface area contributed by atoms with E-state index >= 15 is 0 Å². The first kappa shape index (κ1) is 24.4. The van der Waals surface area contributed by atoms with Crippen molar-refractivity contribution in [2.75, 3.05) is 33.1 Å². The number of carbonyl (C=O) groups excluding carboxylic acids is 1. The summed E-state index contributed by atoms with van der Waals surface area (Å²) in [5.74, 6) is 1.97. The highest BCUT2D eigenvalue weighted by molar-refractivity contribution is 6.04. The molecule has 0 atom stereocenters. The Bertz CT molecular complexity index is 1320. The quantitative estimate of drug-likeness (QED) is 0.313. The number of ether oxygens (including phenoxy) is 2. The molecule has 0 aliphatic heterocycles. The SMILES string of the molecule is COc1cccc(NC(=O)c2ccc(Oc3ccc4c(c3)c(C)c(C)n4CCCN(C)C)cc2)c1. The number of methoxy groups -OCH3 is 1. The molecule has 0 saturated carbocycles. The second-order valence-corrected chi connectivity index (χ2v) is 9.01. The molecule has 1 N–H and O–H groups in total. The van der Waals surface area contributed by atoms with Gasteiger partial charge in [0.1, 0.15) is 17.2 Å². The van der Waals surface area contributed by atoms with E-state index in [1.54, 1.807) is 25.3 Å².